The summed E-state index contributed by atoms with van der Waals surface area (Å²) in [5.74, 6) is 5.19. The van der Waals surface area contributed by atoms with Gasteiger partial charge in [-0.3, -0.25) is 0 Å². The third-order valence-corrected chi connectivity index (χ3v) is 1.42. The number of nitriles is 1. The molecule has 0 aliphatic heterocycles. The van der Waals surface area contributed by atoms with Crippen molar-refractivity contribution >= 4 is 5.69 Å². The van der Waals surface area contributed by atoms with Gasteiger partial charge in [-0.1, -0.05) is 12.1 Å². The molecule has 0 fully saturated rings. The van der Waals surface area contributed by atoms with Gasteiger partial charge in [-0.2, -0.15) is 10.2 Å². The SMILES string of the molecule is N#Cc1ccccc1N(N)O[N+](=O)[O-]. The summed E-state index contributed by atoms with van der Waals surface area (Å²) in [6, 6.07) is 7.92. The molecule has 0 heterocycles. The highest BCUT2D eigenvalue weighted by Crippen LogP contribution is 2.16. The molecule has 0 unspecified atom stereocenters. The Morgan fingerprint density at radius 3 is 2.79 bits per heavy atom. The summed E-state index contributed by atoms with van der Waals surface area (Å²) in [5.41, 5.74) is 0.323. The Hall–Kier alpha value is -2.33. The highest BCUT2D eigenvalue weighted by Gasteiger charge is 2.10. The van der Waals surface area contributed by atoms with Crippen molar-refractivity contribution in [1.82, 2.24) is 0 Å². The average molecular weight is 194 g/mol. The number of hydrazine groups is 1. The topological polar surface area (TPSA) is 105 Å². The number of nitrogens with two attached hydrogens (primary N) is 1. The molecule has 72 valence electrons. The first kappa shape index (κ1) is 9.76. The molecule has 7 nitrogen and oxygen atoms in total. The fourth-order valence-electron chi connectivity index (χ4n) is 0.876. The predicted octanol–water partition coefficient (Wildman–Crippen LogP) is 0.362. The van der Waals surface area contributed by atoms with Crippen LogP contribution in [0.1, 0.15) is 5.56 Å². The minimum atomic E-state index is -1.06. The van der Waals surface area contributed by atoms with Crippen LogP contribution in [0.3, 0.4) is 0 Å². The van der Waals surface area contributed by atoms with E-state index in [2.05, 4.69) is 4.94 Å². The molecule has 0 bridgehead atoms. The van der Waals surface area contributed by atoms with Crippen molar-refractivity contribution in [2.24, 2.45) is 5.84 Å². The second-order valence-electron chi connectivity index (χ2n) is 2.26. The molecule has 0 saturated heterocycles. The van der Waals surface area contributed by atoms with Gasteiger partial charge in [0.15, 0.2) is 0 Å². The van der Waals surface area contributed by atoms with Crippen molar-refractivity contribution in [3.63, 3.8) is 0 Å². The smallest absolute Gasteiger partial charge is 0.223 e. The first-order valence-electron chi connectivity index (χ1n) is 3.51. The summed E-state index contributed by atoms with van der Waals surface area (Å²) < 4.78 is 0. The van der Waals surface area contributed by atoms with Crippen LogP contribution in [0.25, 0.3) is 0 Å². The largest absolute Gasteiger partial charge is 0.318 e. The van der Waals surface area contributed by atoms with Crippen LogP contribution in [0, 0.1) is 21.4 Å². The van der Waals surface area contributed by atoms with Gasteiger partial charge in [0.05, 0.1) is 11.3 Å². The van der Waals surface area contributed by atoms with Gasteiger partial charge >= 0.3 is 5.09 Å². The molecule has 1 aromatic rings. The van der Waals surface area contributed by atoms with E-state index in [0.29, 0.717) is 5.17 Å². The van der Waals surface area contributed by atoms with Crippen LogP contribution in [0.15, 0.2) is 24.3 Å². The lowest BCUT2D eigenvalue weighted by molar-refractivity contribution is -0.762. The highest BCUT2D eigenvalue weighted by molar-refractivity contribution is 5.56. The Morgan fingerprint density at radius 1 is 1.57 bits per heavy atom. The maximum atomic E-state index is 9.96. The third-order valence-electron chi connectivity index (χ3n) is 1.42. The van der Waals surface area contributed by atoms with Crippen LogP contribution in [0.2, 0.25) is 0 Å². The van der Waals surface area contributed by atoms with E-state index in [9.17, 15) is 10.1 Å². The summed E-state index contributed by atoms with van der Waals surface area (Å²) in [6.07, 6.45) is 0. The van der Waals surface area contributed by atoms with Crippen molar-refractivity contribution in [2.45, 2.75) is 0 Å². The molecular weight excluding hydrogens is 188 g/mol. The average Bonchev–Trinajstić information content (AvgIpc) is 2.16. The quantitative estimate of drug-likeness (QED) is 0.423. The normalized spacial score (nSPS) is 8.86. The Morgan fingerprint density at radius 2 is 2.21 bits per heavy atom. The van der Waals surface area contributed by atoms with E-state index in [-0.39, 0.29) is 11.3 Å². The molecule has 1 aromatic carbocycles. The molecule has 0 aromatic heterocycles. The van der Waals surface area contributed by atoms with E-state index in [1.165, 1.54) is 12.1 Å². The van der Waals surface area contributed by atoms with Gasteiger partial charge in [0, 0.05) is 0 Å². The van der Waals surface area contributed by atoms with E-state index in [1.54, 1.807) is 12.1 Å². The summed E-state index contributed by atoms with van der Waals surface area (Å²) in [5, 5.41) is 18.0. The summed E-state index contributed by atoms with van der Waals surface area (Å²) >= 11 is 0. The number of anilines is 1. The second kappa shape index (κ2) is 4.06. The summed E-state index contributed by atoms with van der Waals surface area (Å²) in [6.45, 7) is 0. The zero-order chi connectivity index (χ0) is 10.6. The lowest BCUT2D eigenvalue weighted by Crippen LogP contribution is -2.33. The Bertz CT molecular complexity index is 387. The molecule has 7 heteroatoms. The standard InChI is InChI=1S/C7H6N4O3/c8-5-6-3-1-2-4-7(6)10(9)14-11(12)13/h1-4H,9H2. The number of nitrogens with zero attached hydrogens (tertiary/aromatic N) is 3. The van der Waals surface area contributed by atoms with Crippen LogP contribution >= 0.6 is 0 Å². The van der Waals surface area contributed by atoms with Crippen molar-refractivity contribution in [3.8, 4) is 6.07 Å². The van der Waals surface area contributed by atoms with Gasteiger partial charge < -0.3 is 0 Å². The molecule has 0 atom stereocenters. The number of rotatable bonds is 3. The molecule has 2 N–H and O–H groups in total. The predicted molar refractivity (Wildman–Crippen MR) is 45.9 cm³/mol. The van der Waals surface area contributed by atoms with E-state index in [4.69, 9.17) is 11.1 Å². The number of para-hydroxylation sites is 1. The van der Waals surface area contributed by atoms with Crippen molar-refractivity contribution in [3.05, 3.63) is 39.9 Å². The first-order valence-corrected chi connectivity index (χ1v) is 3.51. The van der Waals surface area contributed by atoms with Gasteiger partial charge in [-0.05, 0) is 12.1 Å². The fraction of sp³-hybridized carbons (Fsp3) is 0. The van der Waals surface area contributed by atoms with Crippen LogP contribution in [-0.4, -0.2) is 5.09 Å². The number of benzene rings is 1. The van der Waals surface area contributed by atoms with Crippen LogP contribution in [0.5, 0.6) is 0 Å². The molecule has 0 aliphatic carbocycles. The van der Waals surface area contributed by atoms with E-state index in [0.717, 1.165) is 0 Å². The van der Waals surface area contributed by atoms with E-state index >= 15 is 0 Å². The van der Waals surface area contributed by atoms with Gasteiger partial charge in [-0.25, -0.2) is 5.84 Å². The van der Waals surface area contributed by atoms with Crippen LogP contribution in [-0.2, 0) is 4.94 Å². The fourth-order valence-corrected chi connectivity index (χ4v) is 0.876. The van der Waals surface area contributed by atoms with Gasteiger partial charge in [0.1, 0.15) is 6.07 Å². The maximum Gasteiger partial charge on any atom is 0.318 e. The van der Waals surface area contributed by atoms with Gasteiger partial charge in [-0.15, -0.1) is 15.3 Å². The summed E-state index contributed by atoms with van der Waals surface area (Å²) in [4.78, 5) is 13.9. The number of hydrogen-bond donors (Lipinski definition) is 1. The van der Waals surface area contributed by atoms with Gasteiger partial charge in [0.2, 0.25) is 0 Å². The Labute approximate surface area is 78.9 Å². The van der Waals surface area contributed by atoms with E-state index in [1.807, 2.05) is 6.07 Å². The van der Waals surface area contributed by atoms with Crippen molar-refractivity contribution < 1.29 is 10.0 Å². The molecule has 1 rings (SSSR count). The first-order chi connectivity index (χ1) is 6.65. The van der Waals surface area contributed by atoms with Gasteiger partial charge in [0.25, 0.3) is 0 Å². The van der Waals surface area contributed by atoms with Crippen LogP contribution < -0.4 is 11.0 Å². The Balaban J connectivity index is 2.95. The lowest BCUT2D eigenvalue weighted by Gasteiger charge is -2.14. The highest BCUT2D eigenvalue weighted by atomic mass is 17.0. The van der Waals surface area contributed by atoms with Crippen LogP contribution in [0.4, 0.5) is 5.69 Å². The lowest BCUT2D eigenvalue weighted by atomic mass is 10.2. The second-order valence-corrected chi connectivity index (χ2v) is 2.26. The maximum absolute atomic E-state index is 9.96. The third kappa shape index (κ3) is 2.09. The molecule has 0 radical (unpaired) electrons. The zero-order valence-electron chi connectivity index (χ0n) is 6.95. The molecule has 0 saturated carbocycles. The monoisotopic (exact) mass is 194 g/mol. The molecule has 0 spiro atoms. The minimum absolute atomic E-state index is 0.131. The molecule has 14 heavy (non-hydrogen) atoms. The minimum Gasteiger partial charge on any atom is -0.223 e. The summed E-state index contributed by atoms with van der Waals surface area (Å²) in [7, 11) is 0. The Kier molecular flexibility index (Phi) is 2.83. The molecular formula is C7H6N4O3. The molecule has 0 aliphatic rings. The zero-order valence-corrected chi connectivity index (χ0v) is 6.95. The molecule has 0 amide bonds. The van der Waals surface area contributed by atoms with Crippen molar-refractivity contribution in [1.29, 1.82) is 5.26 Å². The van der Waals surface area contributed by atoms with Crippen molar-refractivity contribution in [2.75, 3.05) is 5.17 Å². The van der Waals surface area contributed by atoms with E-state index < -0.39 is 5.09 Å². The number of hydrogen-bond acceptors (Lipinski definition) is 6.